The van der Waals surface area contributed by atoms with Crippen LogP contribution in [0.5, 0.6) is 0 Å². The lowest BCUT2D eigenvalue weighted by molar-refractivity contribution is -0.140. The van der Waals surface area contributed by atoms with Crippen molar-refractivity contribution < 1.29 is 22.4 Å². The van der Waals surface area contributed by atoms with Crippen molar-refractivity contribution >= 4 is 39.1 Å². The Kier molecular flexibility index (Phi) is 10.5. The van der Waals surface area contributed by atoms with E-state index in [1.54, 1.807) is 6.07 Å². The van der Waals surface area contributed by atoms with Gasteiger partial charge in [-0.15, -0.1) is 0 Å². The Morgan fingerprint density at radius 1 is 0.949 bits per heavy atom. The molecule has 0 fully saturated rings. The lowest BCUT2D eigenvalue weighted by atomic mass is 10.0. The summed E-state index contributed by atoms with van der Waals surface area (Å²) >= 11 is 5.97. The first-order valence-corrected chi connectivity index (χ1v) is 14.8. The van der Waals surface area contributed by atoms with Gasteiger partial charge in [0.2, 0.25) is 21.8 Å². The molecule has 0 aliphatic carbocycles. The minimum Gasteiger partial charge on any atom is -0.354 e. The molecule has 1 atom stereocenters. The molecule has 0 spiro atoms. The Morgan fingerprint density at radius 2 is 1.56 bits per heavy atom. The fourth-order valence-electron chi connectivity index (χ4n) is 4.01. The average molecular weight is 574 g/mol. The van der Waals surface area contributed by atoms with Crippen molar-refractivity contribution in [2.45, 2.75) is 32.9 Å². The van der Waals surface area contributed by atoms with Crippen LogP contribution in [-0.4, -0.2) is 50.5 Å². The molecule has 0 aromatic heterocycles. The molecule has 0 aliphatic rings. The van der Waals surface area contributed by atoms with Gasteiger partial charge >= 0.3 is 0 Å². The van der Waals surface area contributed by atoms with E-state index in [0.717, 1.165) is 16.1 Å². The largest absolute Gasteiger partial charge is 0.354 e. The molecule has 3 aromatic rings. The summed E-state index contributed by atoms with van der Waals surface area (Å²) < 4.78 is 41.2. The van der Waals surface area contributed by atoms with Gasteiger partial charge in [0, 0.05) is 30.1 Å². The topological polar surface area (TPSA) is 86.8 Å². The van der Waals surface area contributed by atoms with Crippen LogP contribution in [-0.2, 0) is 32.6 Å². The average Bonchev–Trinajstić information content (AvgIpc) is 2.89. The van der Waals surface area contributed by atoms with E-state index in [1.807, 2.05) is 44.2 Å². The number of nitrogens with one attached hydrogen (secondary N) is 1. The fraction of sp³-hybridized carbons (Fsp3) is 0.310. The smallest absolute Gasteiger partial charge is 0.244 e. The maximum Gasteiger partial charge on any atom is 0.244 e. The standard InChI is InChI=1S/C29H33ClFN3O4S/c1-21(2)18-32-29(36)27(17-22-9-5-4-6-10-22)33(19-23-11-7-8-12-26(23)31)28(35)20-34(39(3,37)38)25-15-13-24(30)14-16-25/h4-16,21,27H,17-20H2,1-3H3,(H,32,36)/t27-/m1/s1. The van der Waals surface area contributed by atoms with Crippen LogP contribution < -0.4 is 9.62 Å². The molecule has 0 aliphatic heterocycles. The van der Waals surface area contributed by atoms with E-state index in [0.29, 0.717) is 11.6 Å². The van der Waals surface area contributed by atoms with Crippen molar-refractivity contribution in [2.75, 3.05) is 23.7 Å². The van der Waals surface area contributed by atoms with Gasteiger partial charge in [0.05, 0.1) is 11.9 Å². The minimum absolute atomic E-state index is 0.158. The van der Waals surface area contributed by atoms with Crippen molar-refractivity contribution in [3.05, 3.63) is 101 Å². The summed E-state index contributed by atoms with van der Waals surface area (Å²) in [4.78, 5) is 28.7. The zero-order chi connectivity index (χ0) is 28.6. The molecular formula is C29H33ClFN3O4S. The highest BCUT2D eigenvalue weighted by molar-refractivity contribution is 7.92. The summed E-state index contributed by atoms with van der Waals surface area (Å²) in [6.45, 7) is 3.47. The second-order valence-electron chi connectivity index (χ2n) is 9.70. The molecule has 0 saturated carbocycles. The van der Waals surface area contributed by atoms with Crippen LogP contribution in [0.3, 0.4) is 0 Å². The molecule has 208 valence electrons. The monoisotopic (exact) mass is 573 g/mol. The summed E-state index contributed by atoms with van der Waals surface area (Å²) in [5.41, 5.74) is 1.24. The number of hydrogen-bond acceptors (Lipinski definition) is 4. The number of carbonyl (C=O) groups excluding carboxylic acids is 2. The van der Waals surface area contributed by atoms with Crippen LogP contribution in [0.25, 0.3) is 0 Å². The van der Waals surface area contributed by atoms with Gasteiger partial charge in [-0.3, -0.25) is 13.9 Å². The molecular weight excluding hydrogens is 541 g/mol. The van der Waals surface area contributed by atoms with Crippen LogP contribution in [0.4, 0.5) is 10.1 Å². The number of anilines is 1. The van der Waals surface area contributed by atoms with Crippen LogP contribution in [0.15, 0.2) is 78.9 Å². The van der Waals surface area contributed by atoms with Gasteiger partial charge in [0.15, 0.2) is 0 Å². The SMILES string of the molecule is CC(C)CNC(=O)[C@@H](Cc1ccccc1)N(Cc1ccccc1F)C(=O)CN(c1ccc(Cl)cc1)S(C)(=O)=O. The van der Waals surface area contributed by atoms with Gasteiger partial charge in [-0.25, -0.2) is 12.8 Å². The highest BCUT2D eigenvalue weighted by Gasteiger charge is 2.33. The number of amides is 2. The molecule has 0 radical (unpaired) electrons. The third kappa shape index (κ3) is 8.80. The summed E-state index contributed by atoms with van der Waals surface area (Å²) in [6.07, 6.45) is 1.15. The molecule has 2 amide bonds. The van der Waals surface area contributed by atoms with Crippen LogP contribution in [0.2, 0.25) is 5.02 Å². The summed E-state index contributed by atoms with van der Waals surface area (Å²) in [6, 6.07) is 20.2. The number of sulfonamides is 1. The number of nitrogens with zero attached hydrogens (tertiary/aromatic N) is 2. The Hall–Kier alpha value is -3.43. The first-order chi connectivity index (χ1) is 18.5. The first-order valence-electron chi connectivity index (χ1n) is 12.5. The molecule has 7 nitrogen and oxygen atoms in total. The molecule has 0 bridgehead atoms. The Labute approximate surface area is 234 Å². The quantitative estimate of drug-likeness (QED) is 0.341. The van der Waals surface area contributed by atoms with E-state index >= 15 is 0 Å². The van der Waals surface area contributed by atoms with E-state index < -0.39 is 40.2 Å². The maximum absolute atomic E-state index is 14.8. The van der Waals surface area contributed by atoms with Crippen molar-refractivity contribution in [2.24, 2.45) is 5.92 Å². The zero-order valence-electron chi connectivity index (χ0n) is 22.2. The molecule has 10 heteroatoms. The van der Waals surface area contributed by atoms with Crippen molar-refractivity contribution in [3.63, 3.8) is 0 Å². The Balaban J connectivity index is 2.05. The predicted molar refractivity (Wildman–Crippen MR) is 152 cm³/mol. The summed E-state index contributed by atoms with van der Waals surface area (Å²) in [5, 5.41) is 3.29. The molecule has 3 rings (SSSR count). The third-order valence-corrected chi connectivity index (χ3v) is 7.44. The number of hydrogen-bond donors (Lipinski definition) is 1. The van der Waals surface area contributed by atoms with E-state index in [9.17, 15) is 22.4 Å². The fourth-order valence-corrected chi connectivity index (χ4v) is 4.98. The Bertz CT molecular complexity index is 1370. The third-order valence-electron chi connectivity index (χ3n) is 6.05. The number of benzene rings is 3. The van der Waals surface area contributed by atoms with Crippen LogP contribution in [0, 0.1) is 11.7 Å². The van der Waals surface area contributed by atoms with Gasteiger partial charge in [0.25, 0.3) is 0 Å². The maximum atomic E-state index is 14.8. The van der Waals surface area contributed by atoms with Gasteiger partial charge < -0.3 is 10.2 Å². The van der Waals surface area contributed by atoms with Gasteiger partial charge in [0.1, 0.15) is 18.4 Å². The number of carbonyl (C=O) groups is 2. The number of rotatable bonds is 12. The first kappa shape index (κ1) is 30.1. The van der Waals surface area contributed by atoms with Gasteiger partial charge in [-0.2, -0.15) is 0 Å². The Morgan fingerprint density at radius 3 is 2.15 bits per heavy atom. The molecule has 3 aromatic carbocycles. The predicted octanol–water partition coefficient (Wildman–Crippen LogP) is 4.66. The van der Waals surface area contributed by atoms with Crippen molar-refractivity contribution in [3.8, 4) is 0 Å². The lowest BCUT2D eigenvalue weighted by Gasteiger charge is -2.33. The van der Waals surface area contributed by atoms with Crippen molar-refractivity contribution in [1.82, 2.24) is 10.2 Å². The summed E-state index contributed by atoms with van der Waals surface area (Å²) in [7, 11) is -3.90. The second kappa shape index (κ2) is 13.6. The molecule has 0 heterocycles. The second-order valence-corrected chi connectivity index (χ2v) is 12.0. The lowest BCUT2D eigenvalue weighted by Crippen LogP contribution is -2.53. The minimum atomic E-state index is -3.90. The van der Waals surface area contributed by atoms with E-state index in [-0.39, 0.29) is 30.1 Å². The number of halogens is 2. The molecule has 39 heavy (non-hydrogen) atoms. The van der Waals surface area contributed by atoms with E-state index in [1.165, 1.54) is 47.4 Å². The highest BCUT2D eigenvalue weighted by atomic mass is 35.5. The van der Waals surface area contributed by atoms with E-state index in [2.05, 4.69) is 5.32 Å². The zero-order valence-corrected chi connectivity index (χ0v) is 23.8. The van der Waals surface area contributed by atoms with Crippen LogP contribution >= 0.6 is 11.6 Å². The molecule has 1 N–H and O–H groups in total. The van der Waals surface area contributed by atoms with Crippen molar-refractivity contribution in [1.29, 1.82) is 0 Å². The van der Waals surface area contributed by atoms with Gasteiger partial charge in [-0.1, -0.05) is 74.0 Å². The van der Waals surface area contributed by atoms with Gasteiger partial charge in [-0.05, 0) is 41.8 Å². The summed E-state index contributed by atoms with van der Waals surface area (Å²) in [5.74, 6) is -1.43. The molecule has 0 saturated heterocycles. The molecule has 0 unspecified atom stereocenters. The normalized spacial score (nSPS) is 12.2. The highest BCUT2D eigenvalue weighted by Crippen LogP contribution is 2.22. The van der Waals surface area contributed by atoms with E-state index in [4.69, 9.17) is 11.6 Å². The van der Waals surface area contributed by atoms with Crippen LogP contribution in [0.1, 0.15) is 25.0 Å².